The first-order valence-corrected chi connectivity index (χ1v) is 13.6. The van der Waals surface area contributed by atoms with E-state index in [2.05, 4.69) is 64.0 Å². The number of aromatic nitrogens is 2. The first-order valence-electron chi connectivity index (χ1n) is 13.6. The van der Waals surface area contributed by atoms with Gasteiger partial charge in [0, 0.05) is 65.7 Å². The molecule has 2 fully saturated rings. The fraction of sp³-hybridized carbons (Fsp3) is 0.515. The van der Waals surface area contributed by atoms with E-state index in [0.717, 1.165) is 71.8 Å². The Morgan fingerprint density at radius 1 is 0.524 bits per heavy atom. The predicted octanol–water partition coefficient (Wildman–Crippen LogP) is 6.65. The van der Waals surface area contributed by atoms with Crippen LogP contribution in [0.15, 0.2) is 44.2 Å². The summed E-state index contributed by atoms with van der Waals surface area (Å²) in [6.07, 6.45) is 5.09. The second-order valence-corrected chi connectivity index (χ2v) is 9.82. The summed E-state index contributed by atoms with van der Waals surface area (Å²) in [5.41, 5.74) is 10.1. The van der Waals surface area contributed by atoms with Crippen LogP contribution in [0, 0.1) is 14.9 Å². The molecule has 2 aliphatic rings. The van der Waals surface area contributed by atoms with E-state index >= 15 is 0 Å². The maximum absolute atomic E-state index is 4.66. The predicted molar refractivity (Wildman–Crippen MR) is 183 cm³/mol. The molecule has 0 aliphatic carbocycles. The van der Waals surface area contributed by atoms with E-state index < -0.39 is 0 Å². The van der Waals surface area contributed by atoms with Crippen LogP contribution in [0.25, 0.3) is 0 Å². The molecule has 0 bridgehead atoms. The van der Waals surface area contributed by atoms with Gasteiger partial charge in [-0.3, -0.25) is 20.0 Å². The fourth-order valence-electron chi connectivity index (χ4n) is 4.55. The van der Waals surface area contributed by atoms with Gasteiger partial charge >= 0.3 is 16.8 Å². The molecule has 0 spiro atoms. The summed E-state index contributed by atoms with van der Waals surface area (Å²) in [7, 11) is 7.22. The summed E-state index contributed by atoms with van der Waals surface area (Å²) in [6.45, 7) is 12.5. The maximum atomic E-state index is 4.66. The van der Waals surface area contributed by atoms with Gasteiger partial charge < -0.3 is 24.7 Å². The van der Waals surface area contributed by atoms with Gasteiger partial charge in [-0.1, -0.05) is 7.43 Å². The largest absolute Gasteiger partial charge is 2.00 e. The third-order valence-electron chi connectivity index (χ3n) is 7.39. The van der Waals surface area contributed by atoms with Crippen molar-refractivity contribution >= 4 is 34.2 Å². The summed E-state index contributed by atoms with van der Waals surface area (Å²) in [5.74, 6) is 0. The van der Waals surface area contributed by atoms with E-state index in [9.17, 15) is 0 Å². The van der Waals surface area contributed by atoms with Crippen molar-refractivity contribution in [3.8, 4) is 0 Å². The van der Waals surface area contributed by atoms with Crippen molar-refractivity contribution < 1.29 is 16.8 Å². The maximum Gasteiger partial charge on any atom is 2.00 e. The quantitative estimate of drug-likeness (QED) is 0.267. The van der Waals surface area contributed by atoms with Crippen molar-refractivity contribution in [3.63, 3.8) is 0 Å². The number of pyridine rings is 2. The molecule has 2 aromatic rings. The Kier molecular flexibility index (Phi) is 19.7. The average molecular weight is 622 g/mol. The Labute approximate surface area is 267 Å². The fourth-order valence-corrected chi connectivity index (χ4v) is 4.55. The molecule has 9 heteroatoms. The van der Waals surface area contributed by atoms with E-state index in [0.29, 0.717) is 0 Å². The van der Waals surface area contributed by atoms with Gasteiger partial charge in [-0.25, -0.2) is 9.97 Å². The van der Waals surface area contributed by atoms with Crippen LogP contribution in [0.3, 0.4) is 0 Å². The summed E-state index contributed by atoms with van der Waals surface area (Å²) in [6, 6.07) is 8.56. The Balaban J connectivity index is 0. The summed E-state index contributed by atoms with van der Waals surface area (Å²) in [5, 5.41) is 0. The van der Waals surface area contributed by atoms with Crippen LogP contribution in [0.5, 0.6) is 0 Å². The monoisotopic (exact) mass is 621 g/mol. The van der Waals surface area contributed by atoms with Gasteiger partial charge in [0.2, 0.25) is 0 Å². The number of aliphatic imine (C=N–C) groups is 4. The normalized spacial score (nSPS) is 15.5. The van der Waals surface area contributed by atoms with E-state index in [4.69, 9.17) is 0 Å². The van der Waals surface area contributed by atoms with Crippen LogP contribution in [-0.2, 0) is 16.8 Å². The van der Waals surface area contributed by atoms with Gasteiger partial charge in [-0.15, -0.1) is 0 Å². The molecular weight excluding hydrogens is 567 g/mol. The second kappa shape index (κ2) is 20.1. The molecular formula is C33H54CoN8. The van der Waals surface area contributed by atoms with Crippen molar-refractivity contribution in [1.82, 2.24) is 9.97 Å². The summed E-state index contributed by atoms with van der Waals surface area (Å²) >= 11 is 0. The number of hydrogen-bond donors (Lipinski definition) is 0. The average Bonchev–Trinajstić information content (AvgIpc) is 3.70. The first-order chi connectivity index (χ1) is 18.3. The van der Waals surface area contributed by atoms with E-state index in [1.54, 1.807) is 28.2 Å². The molecule has 2 saturated heterocycles. The van der Waals surface area contributed by atoms with Crippen molar-refractivity contribution in [3.05, 3.63) is 61.9 Å². The molecule has 0 atom stereocenters. The standard InChI is InChI=1S/2C15H22N4.CH4.2CH3.Co/c2*1-11(16-3)14-9-13(19-7-5-6-8-19)10-15(18-14)12(2)17-4;;;;/h2*9-10H,5-8H2,1-4H3;1H4;2*1H3;/q;;;2*-1;+2. The first kappa shape index (κ1) is 41.2. The van der Waals surface area contributed by atoms with Gasteiger partial charge in [-0.2, -0.15) is 0 Å². The van der Waals surface area contributed by atoms with Gasteiger partial charge in [-0.05, 0) is 77.6 Å². The molecule has 0 aromatic carbocycles. The molecule has 1 radical (unpaired) electrons. The molecule has 0 N–H and O–H groups in total. The second-order valence-electron chi connectivity index (χ2n) is 9.82. The van der Waals surface area contributed by atoms with Crippen LogP contribution >= 0.6 is 0 Å². The van der Waals surface area contributed by atoms with Gasteiger partial charge in [0.05, 0.1) is 45.6 Å². The van der Waals surface area contributed by atoms with Crippen LogP contribution < -0.4 is 9.80 Å². The van der Waals surface area contributed by atoms with Crippen molar-refractivity contribution in [2.45, 2.75) is 60.8 Å². The van der Waals surface area contributed by atoms with Crippen LogP contribution in [0.2, 0.25) is 0 Å². The van der Waals surface area contributed by atoms with Crippen molar-refractivity contribution in [2.75, 3.05) is 64.2 Å². The molecule has 8 nitrogen and oxygen atoms in total. The minimum Gasteiger partial charge on any atom is -0.371 e. The molecule has 0 amide bonds. The Hall–Kier alpha value is -2.91. The van der Waals surface area contributed by atoms with Crippen molar-refractivity contribution in [1.29, 1.82) is 0 Å². The Bertz CT molecular complexity index is 1050. The summed E-state index contributed by atoms with van der Waals surface area (Å²) < 4.78 is 0. The Morgan fingerprint density at radius 2 is 0.738 bits per heavy atom. The van der Waals surface area contributed by atoms with E-state index in [1.165, 1.54) is 37.1 Å². The third-order valence-corrected chi connectivity index (χ3v) is 7.39. The zero-order chi connectivity index (χ0) is 27.7. The number of nitrogens with zero attached hydrogens (tertiary/aromatic N) is 8. The summed E-state index contributed by atoms with van der Waals surface area (Å²) in [4.78, 5) is 31.1. The third kappa shape index (κ3) is 10.7. The Morgan fingerprint density at radius 3 is 0.929 bits per heavy atom. The smallest absolute Gasteiger partial charge is 0.371 e. The van der Waals surface area contributed by atoms with Gasteiger partial charge in [0.1, 0.15) is 0 Å². The zero-order valence-corrected chi connectivity index (χ0v) is 27.9. The van der Waals surface area contributed by atoms with Crippen LogP contribution in [0.4, 0.5) is 11.4 Å². The molecule has 2 aliphatic heterocycles. The molecule has 4 heterocycles. The van der Waals surface area contributed by atoms with Crippen LogP contribution in [-0.4, -0.2) is 87.2 Å². The number of rotatable bonds is 6. The van der Waals surface area contributed by atoms with E-state index in [-0.39, 0.29) is 39.1 Å². The van der Waals surface area contributed by atoms with E-state index in [1.807, 2.05) is 27.7 Å². The molecule has 2 aromatic heterocycles. The van der Waals surface area contributed by atoms with Gasteiger partial charge in [0.25, 0.3) is 0 Å². The van der Waals surface area contributed by atoms with Crippen molar-refractivity contribution in [2.24, 2.45) is 20.0 Å². The molecule has 0 unspecified atom stereocenters. The minimum atomic E-state index is 0. The molecule has 0 saturated carbocycles. The SMILES string of the molecule is C.CN=C(C)c1cc(N2CCCC2)cc(C(C)=NC)n1.CN=C(C)c1cc(N2CCCC2)cc(C(C)=NC)n1.[CH3-].[CH3-].[Co+2]. The zero-order valence-electron chi connectivity index (χ0n) is 26.9. The molecule has 42 heavy (non-hydrogen) atoms. The molecule has 4 rings (SSSR count). The number of anilines is 2. The number of hydrogen-bond acceptors (Lipinski definition) is 8. The topological polar surface area (TPSA) is 81.7 Å². The molecule has 235 valence electrons. The van der Waals surface area contributed by atoms with Gasteiger partial charge in [0.15, 0.2) is 0 Å². The van der Waals surface area contributed by atoms with Crippen LogP contribution in [0.1, 0.15) is 83.6 Å². The minimum absolute atomic E-state index is 0.